The fraction of sp³-hybridized carbons (Fsp3) is 0.682. The molecule has 1 N–H and O–H groups in total. The summed E-state index contributed by atoms with van der Waals surface area (Å²) in [4.78, 5) is 33.6. The maximum atomic E-state index is 12.6. The van der Waals surface area contributed by atoms with E-state index in [-0.39, 0.29) is 11.8 Å². The number of hydrogen-bond acceptors (Lipinski definition) is 4. The average Bonchev–Trinajstić information content (AvgIpc) is 2.76. The Morgan fingerprint density at radius 1 is 1.18 bits per heavy atom. The largest absolute Gasteiger partial charge is 0.350 e. The standard InChI is InChI=1S/C22H34N4O2/c1-2-3-9-21(27)25-14-10-20(11-15-25)26-13-6-7-18(17-26)22(28)24-16-19-8-4-5-12-23-19/h4-5,8,12,18,20H,2-3,6-7,9-11,13-17H2,1H3,(H,24,28)/t18-/m0/s1. The summed E-state index contributed by atoms with van der Waals surface area (Å²) in [5, 5.41) is 3.05. The molecule has 3 heterocycles. The van der Waals surface area contributed by atoms with Gasteiger partial charge in [-0.1, -0.05) is 19.4 Å². The molecule has 6 heteroatoms. The molecule has 0 aromatic carbocycles. The quantitative estimate of drug-likeness (QED) is 0.782. The number of amides is 2. The van der Waals surface area contributed by atoms with E-state index in [0.29, 0.717) is 24.9 Å². The van der Waals surface area contributed by atoms with Gasteiger partial charge in [-0.2, -0.15) is 0 Å². The van der Waals surface area contributed by atoms with Crippen LogP contribution >= 0.6 is 0 Å². The Labute approximate surface area is 168 Å². The van der Waals surface area contributed by atoms with Crippen molar-refractivity contribution in [3.05, 3.63) is 30.1 Å². The zero-order valence-corrected chi connectivity index (χ0v) is 17.1. The van der Waals surface area contributed by atoms with Gasteiger partial charge in [-0.3, -0.25) is 19.5 Å². The van der Waals surface area contributed by atoms with Crippen LogP contribution in [-0.4, -0.2) is 58.8 Å². The van der Waals surface area contributed by atoms with Gasteiger partial charge in [-0.25, -0.2) is 0 Å². The van der Waals surface area contributed by atoms with Gasteiger partial charge in [0.2, 0.25) is 11.8 Å². The van der Waals surface area contributed by atoms with E-state index in [9.17, 15) is 9.59 Å². The highest BCUT2D eigenvalue weighted by atomic mass is 16.2. The highest BCUT2D eigenvalue weighted by molar-refractivity contribution is 5.79. The molecule has 6 nitrogen and oxygen atoms in total. The van der Waals surface area contributed by atoms with Crippen molar-refractivity contribution in [1.82, 2.24) is 20.1 Å². The minimum absolute atomic E-state index is 0.0571. The third-order valence-corrected chi connectivity index (χ3v) is 6.07. The molecule has 3 rings (SSSR count). The summed E-state index contributed by atoms with van der Waals surface area (Å²) in [7, 11) is 0. The Hall–Kier alpha value is -1.95. The van der Waals surface area contributed by atoms with Crippen molar-refractivity contribution < 1.29 is 9.59 Å². The smallest absolute Gasteiger partial charge is 0.224 e. The van der Waals surface area contributed by atoms with Crippen molar-refractivity contribution in [3.63, 3.8) is 0 Å². The Kier molecular flexibility index (Phi) is 7.83. The molecule has 154 valence electrons. The first-order chi connectivity index (χ1) is 13.7. The summed E-state index contributed by atoms with van der Waals surface area (Å²) in [6, 6.07) is 6.26. The van der Waals surface area contributed by atoms with Gasteiger partial charge >= 0.3 is 0 Å². The van der Waals surface area contributed by atoms with Gasteiger partial charge in [0, 0.05) is 38.3 Å². The molecule has 1 aromatic heterocycles. The van der Waals surface area contributed by atoms with Gasteiger partial charge in [0.15, 0.2) is 0 Å². The van der Waals surface area contributed by atoms with Gasteiger partial charge < -0.3 is 10.2 Å². The number of pyridine rings is 1. The second-order valence-corrected chi connectivity index (χ2v) is 8.09. The number of hydrogen-bond donors (Lipinski definition) is 1. The minimum Gasteiger partial charge on any atom is -0.350 e. The van der Waals surface area contributed by atoms with Gasteiger partial charge in [-0.05, 0) is 50.8 Å². The molecule has 0 spiro atoms. The molecule has 2 saturated heterocycles. The molecule has 0 radical (unpaired) electrons. The Morgan fingerprint density at radius 3 is 2.71 bits per heavy atom. The first kappa shape index (κ1) is 20.8. The average molecular weight is 387 g/mol. The van der Waals surface area contributed by atoms with Crippen molar-refractivity contribution in [1.29, 1.82) is 0 Å². The fourth-order valence-corrected chi connectivity index (χ4v) is 4.34. The van der Waals surface area contributed by atoms with Crippen molar-refractivity contribution in [2.45, 2.75) is 64.5 Å². The molecule has 28 heavy (non-hydrogen) atoms. The van der Waals surface area contributed by atoms with Crippen molar-refractivity contribution in [3.8, 4) is 0 Å². The molecule has 2 fully saturated rings. The number of carbonyl (C=O) groups excluding carboxylic acids is 2. The summed E-state index contributed by atoms with van der Waals surface area (Å²) in [6.45, 7) is 6.24. The lowest BCUT2D eigenvalue weighted by molar-refractivity contribution is -0.133. The molecular weight excluding hydrogens is 352 g/mol. The number of unbranched alkanes of at least 4 members (excludes halogenated alkanes) is 1. The van der Waals surface area contributed by atoms with Crippen LogP contribution in [0.15, 0.2) is 24.4 Å². The van der Waals surface area contributed by atoms with Gasteiger partial charge in [0.25, 0.3) is 0 Å². The van der Waals surface area contributed by atoms with Crippen LogP contribution in [0.1, 0.15) is 57.6 Å². The SMILES string of the molecule is CCCCC(=O)N1CCC(N2CCC[C@H](C(=O)NCc3ccccn3)C2)CC1. The lowest BCUT2D eigenvalue weighted by atomic mass is 9.93. The summed E-state index contributed by atoms with van der Waals surface area (Å²) in [5.41, 5.74) is 0.892. The molecule has 1 aromatic rings. The number of likely N-dealkylation sites (tertiary alicyclic amines) is 2. The van der Waals surface area contributed by atoms with E-state index < -0.39 is 0 Å². The van der Waals surface area contributed by atoms with E-state index in [1.165, 1.54) is 0 Å². The maximum absolute atomic E-state index is 12.6. The number of carbonyl (C=O) groups is 2. The van der Waals surface area contributed by atoms with E-state index in [2.05, 4.69) is 22.1 Å². The number of nitrogens with zero attached hydrogens (tertiary/aromatic N) is 3. The highest BCUT2D eigenvalue weighted by Gasteiger charge is 2.32. The zero-order valence-electron chi connectivity index (χ0n) is 17.1. The van der Waals surface area contributed by atoms with Crippen molar-refractivity contribution in [2.24, 2.45) is 5.92 Å². The van der Waals surface area contributed by atoms with Crippen LogP contribution in [0.25, 0.3) is 0 Å². The molecule has 2 aliphatic heterocycles. The minimum atomic E-state index is 0.0571. The van der Waals surface area contributed by atoms with Crippen LogP contribution in [0.3, 0.4) is 0 Å². The molecule has 0 bridgehead atoms. The summed E-state index contributed by atoms with van der Waals surface area (Å²) in [5.74, 6) is 0.509. The van der Waals surface area contributed by atoms with E-state index in [4.69, 9.17) is 0 Å². The number of nitrogens with one attached hydrogen (secondary N) is 1. The predicted octanol–water partition coefficient (Wildman–Crippen LogP) is 2.59. The molecular formula is C22H34N4O2. The maximum Gasteiger partial charge on any atom is 0.224 e. The highest BCUT2D eigenvalue weighted by Crippen LogP contribution is 2.24. The molecule has 0 unspecified atom stereocenters. The first-order valence-corrected chi connectivity index (χ1v) is 10.9. The van der Waals surface area contributed by atoms with Crippen LogP contribution < -0.4 is 5.32 Å². The van der Waals surface area contributed by atoms with Crippen LogP contribution in [0.5, 0.6) is 0 Å². The Balaban J connectivity index is 1.43. The monoisotopic (exact) mass is 386 g/mol. The molecule has 0 aliphatic carbocycles. The lowest BCUT2D eigenvalue weighted by Crippen LogP contribution is -2.51. The van der Waals surface area contributed by atoms with Crippen LogP contribution in [0, 0.1) is 5.92 Å². The van der Waals surface area contributed by atoms with E-state index in [1.54, 1.807) is 6.20 Å². The van der Waals surface area contributed by atoms with Gasteiger partial charge in [-0.15, -0.1) is 0 Å². The topological polar surface area (TPSA) is 65.5 Å². The van der Waals surface area contributed by atoms with Crippen LogP contribution in [-0.2, 0) is 16.1 Å². The Morgan fingerprint density at radius 2 is 2.00 bits per heavy atom. The van der Waals surface area contributed by atoms with E-state index in [1.807, 2.05) is 23.1 Å². The fourth-order valence-electron chi connectivity index (χ4n) is 4.34. The molecule has 2 amide bonds. The number of rotatable bonds is 7. The van der Waals surface area contributed by atoms with Crippen LogP contribution in [0.4, 0.5) is 0 Å². The Bertz CT molecular complexity index is 629. The summed E-state index contributed by atoms with van der Waals surface area (Å²) in [6.07, 6.45) is 8.57. The normalized spacial score (nSPS) is 21.5. The lowest BCUT2D eigenvalue weighted by Gasteiger charge is -2.42. The first-order valence-electron chi connectivity index (χ1n) is 10.9. The third-order valence-electron chi connectivity index (χ3n) is 6.07. The second-order valence-electron chi connectivity index (χ2n) is 8.09. The second kappa shape index (κ2) is 10.6. The van der Waals surface area contributed by atoms with Gasteiger partial charge in [0.05, 0.1) is 18.2 Å². The van der Waals surface area contributed by atoms with Crippen molar-refractivity contribution in [2.75, 3.05) is 26.2 Å². The molecule has 0 saturated carbocycles. The number of aromatic nitrogens is 1. The predicted molar refractivity (Wildman–Crippen MR) is 110 cm³/mol. The molecule has 2 aliphatic rings. The van der Waals surface area contributed by atoms with Crippen molar-refractivity contribution >= 4 is 11.8 Å². The van der Waals surface area contributed by atoms with Crippen LogP contribution in [0.2, 0.25) is 0 Å². The van der Waals surface area contributed by atoms with Gasteiger partial charge in [0.1, 0.15) is 0 Å². The van der Waals surface area contributed by atoms with E-state index >= 15 is 0 Å². The number of piperidine rings is 2. The van der Waals surface area contributed by atoms with E-state index in [0.717, 1.165) is 70.4 Å². The molecule has 1 atom stereocenters. The summed E-state index contributed by atoms with van der Waals surface area (Å²) >= 11 is 0. The summed E-state index contributed by atoms with van der Waals surface area (Å²) < 4.78 is 0. The third kappa shape index (κ3) is 5.77. The zero-order chi connectivity index (χ0) is 19.8.